The Bertz CT molecular complexity index is 5430. The number of benzene rings is 16. The number of nitrogens with zero attached hydrogens (tertiary/aromatic N) is 9. The van der Waals surface area contributed by atoms with E-state index in [0.717, 1.165) is 130 Å². The van der Waals surface area contributed by atoms with E-state index in [0.29, 0.717) is 17.5 Å². The molecular weight excluding hydrogens is 1320 g/mol. The van der Waals surface area contributed by atoms with E-state index in [4.69, 9.17) is 15.0 Å². The molecule has 1 aromatic heterocycles. The normalized spacial score (nSPS) is 11.0. The molecule has 0 radical (unpaired) electrons. The third kappa shape index (κ3) is 14.0. The number of aromatic nitrogens is 3. The molecule has 17 rings (SSSR count). The van der Waals surface area contributed by atoms with Gasteiger partial charge >= 0.3 is 0 Å². The first kappa shape index (κ1) is 66.6. The molecule has 0 atom stereocenters. The van der Waals surface area contributed by atoms with Gasteiger partial charge in [-0.2, -0.15) is 0 Å². The zero-order chi connectivity index (χ0) is 72.2. The van der Waals surface area contributed by atoms with Crippen LogP contribution in [0.25, 0.3) is 45.3 Å². The maximum absolute atomic E-state index is 5.74. The van der Waals surface area contributed by atoms with Gasteiger partial charge in [0.05, 0.1) is 17.1 Å². The highest BCUT2D eigenvalue weighted by Gasteiger charge is 2.27. The minimum Gasteiger partial charge on any atom is -0.311 e. The van der Waals surface area contributed by atoms with E-state index in [1.807, 2.05) is 0 Å². The molecule has 0 saturated heterocycles. The van der Waals surface area contributed by atoms with E-state index in [2.05, 4.69) is 472 Å². The highest BCUT2D eigenvalue weighted by Crippen LogP contribution is 2.48. The minimum absolute atomic E-state index is 0.488. The first-order valence-electron chi connectivity index (χ1n) is 36.3. The predicted octanol–water partition coefficient (Wildman–Crippen LogP) is 27.4. The van der Waals surface area contributed by atoms with Crippen LogP contribution < -0.4 is 29.4 Å². The van der Waals surface area contributed by atoms with Crippen molar-refractivity contribution in [1.82, 2.24) is 15.0 Å². The van der Waals surface area contributed by atoms with E-state index in [1.54, 1.807) is 0 Å². The molecule has 108 heavy (non-hydrogen) atoms. The average molecular weight is 1390 g/mol. The Morgan fingerprint density at radius 3 is 0.454 bits per heavy atom. The molecule has 0 aliphatic carbocycles. The monoisotopic (exact) mass is 1390 g/mol. The van der Waals surface area contributed by atoms with Crippen LogP contribution in [0.15, 0.2) is 443 Å². The van der Waals surface area contributed by atoms with Gasteiger partial charge in [0.25, 0.3) is 0 Å². The quantitative estimate of drug-likeness (QED) is 0.0660. The van der Waals surface area contributed by atoms with E-state index < -0.39 is 0 Å². The molecule has 1 heterocycles. The minimum atomic E-state index is 0.488. The lowest BCUT2D eigenvalue weighted by atomic mass is 10.0. The molecule has 0 spiro atoms. The number of para-hydroxylation sites is 12. The smallest absolute Gasteiger partial charge is 0.166 e. The van der Waals surface area contributed by atoms with Crippen molar-refractivity contribution in [3.63, 3.8) is 0 Å². The zero-order valence-corrected chi connectivity index (χ0v) is 59.2. The van der Waals surface area contributed by atoms with Crippen molar-refractivity contribution in [2.45, 2.75) is 0 Å². The highest BCUT2D eigenvalue weighted by molar-refractivity contribution is 5.93. The summed E-state index contributed by atoms with van der Waals surface area (Å²) in [5.74, 6) is 1.46. The van der Waals surface area contributed by atoms with Crippen LogP contribution in [0, 0.1) is 0 Å². The van der Waals surface area contributed by atoms with E-state index in [-0.39, 0.29) is 0 Å². The number of hydrogen-bond donors (Lipinski definition) is 0. The fourth-order valence-electron chi connectivity index (χ4n) is 14.2. The van der Waals surface area contributed by atoms with Crippen LogP contribution in [0.2, 0.25) is 0 Å². The van der Waals surface area contributed by atoms with E-state index in [1.165, 1.54) is 0 Å². The summed E-state index contributed by atoms with van der Waals surface area (Å²) in [5.41, 5.74) is 22.5. The van der Waals surface area contributed by atoms with Gasteiger partial charge in [0, 0.05) is 102 Å². The molecule has 9 heteroatoms. The summed E-state index contributed by atoms with van der Waals surface area (Å²) < 4.78 is 0. The van der Waals surface area contributed by atoms with Crippen molar-refractivity contribution in [2.24, 2.45) is 0 Å². The maximum Gasteiger partial charge on any atom is 0.166 e. The van der Waals surface area contributed by atoms with Gasteiger partial charge in [-0.3, -0.25) is 0 Å². The van der Waals surface area contributed by atoms with Crippen molar-refractivity contribution in [3.05, 3.63) is 443 Å². The molecule has 0 N–H and O–H groups in total. The summed E-state index contributed by atoms with van der Waals surface area (Å²) >= 11 is 0. The lowest BCUT2D eigenvalue weighted by Crippen LogP contribution is -2.14. The van der Waals surface area contributed by atoms with E-state index >= 15 is 0 Å². The Labute approximate surface area is 631 Å². The summed E-state index contributed by atoms with van der Waals surface area (Å²) in [4.78, 5) is 31.0. The van der Waals surface area contributed by atoms with Crippen molar-refractivity contribution in [2.75, 3.05) is 29.4 Å². The third-order valence-corrected chi connectivity index (χ3v) is 19.2. The molecule has 17 aromatic rings. The third-order valence-electron chi connectivity index (χ3n) is 19.2. The van der Waals surface area contributed by atoms with E-state index in [9.17, 15) is 0 Å². The van der Waals surface area contributed by atoms with Gasteiger partial charge in [0.1, 0.15) is 0 Å². The van der Waals surface area contributed by atoms with Gasteiger partial charge < -0.3 is 29.4 Å². The average Bonchev–Trinajstić information content (AvgIpc) is 0.757. The maximum atomic E-state index is 5.74. The van der Waals surface area contributed by atoms with Crippen molar-refractivity contribution in [3.8, 4) is 45.3 Å². The first-order valence-corrected chi connectivity index (χ1v) is 36.3. The van der Waals surface area contributed by atoms with Crippen LogP contribution in [0.5, 0.6) is 0 Å². The molecule has 0 saturated carbocycles. The predicted molar refractivity (Wildman–Crippen MR) is 450 cm³/mol. The van der Waals surface area contributed by atoms with Gasteiger partial charge in [-0.05, 0) is 230 Å². The second kappa shape index (κ2) is 31.1. The Balaban J connectivity index is 0.817. The van der Waals surface area contributed by atoms with Crippen molar-refractivity contribution in [1.29, 1.82) is 0 Å². The second-order valence-electron chi connectivity index (χ2n) is 26.0. The second-order valence-corrected chi connectivity index (χ2v) is 26.0. The molecular formula is C99H73N9. The van der Waals surface area contributed by atoms with Gasteiger partial charge in [0.2, 0.25) is 0 Å². The summed E-state index contributed by atoms with van der Waals surface area (Å²) in [5, 5.41) is 0. The molecule has 0 aliphatic heterocycles. The Morgan fingerprint density at radius 2 is 0.259 bits per heavy atom. The molecule has 0 unspecified atom stereocenters. The van der Waals surface area contributed by atoms with Crippen LogP contribution in [0.3, 0.4) is 0 Å². The molecule has 9 nitrogen and oxygen atoms in total. The Kier molecular flexibility index (Phi) is 19.2. The fraction of sp³-hybridized carbons (Fsp3) is 0. The molecule has 0 aliphatic rings. The summed E-state index contributed by atoms with van der Waals surface area (Å²) in [6.45, 7) is 0. The Hall–Kier alpha value is -14.7. The Morgan fingerprint density at radius 1 is 0.120 bits per heavy atom. The van der Waals surface area contributed by atoms with Gasteiger partial charge in [-0.25, -0.2) is 15.0 Å². The molecule has 0 amide bonds. The molecule has 16 aromatic carbocycles. The van der Waals surface area contributed by atoms with Crippen LogP contribution in [-0.4, -0.2) is 15.0 Å². The summed E-state index contributed by atoms with van der Waals surface area (Å²) in [6, 6.07) is 155. The lowest BCUT2D eigenvalue weighted by Gasteiger charge is -2.30. The highest BCUT2D eigenvalue weighted by atomic mass is 15.2. The number of hydrogen-bond acceptors (Lipinski definition) is 9. The molecule has 0 fully saturated rings. The summed E-state index contributed by atoms with van der Waals surface area (Å²) in [7, 11) is 0. The topological polar surface area (TPSA) is 58.1 Å². The SMILES string of the molecule is c1ccc(N(c2ccccc2)c2ccc(-c3ccc(N(c4ccccc4)c4ccccc4-c4nc(-c5ccccc5N(c5ccccc5)c5ccc(N(c6ccccc6)c6ccccc6)cc5)nc(-c5ccccc5N(c5ccccc5)c5ccc(N(c6ccccc6)c6ccccc6)cc5)n4)cc3)cc2)cc1. The summed E-state index contributed by atoms with van der Waals surface area (Å²) in [6.07, 6.45) is 0. The van der Waals surface area contributed by atoms with Crippen LogP contribution >= 0.6 is 0 Å². The number of rotatable bonds is 22. The fourth-order valence-corrected chi connectivity index (χ4v) is 14.2. The van der Waals surface area contributed by atoms with Crippen LogP contribution in [0.4, 0.5) is 102 Å². The number of anilines is 18. The standard InChI is InChI=1S/C99H73N9/c1-10-34-76(35-11-1)103(77-36-12-2-13-37-77)85-62-58-74(59-63-85)75-60-64-88(65-61-75)106(82-46-22-7-23-47-82)94-55-31-28-52-91(94)97-100-98(92-53-29-32-56-95(92)107(83-48-24-8-25-49-83)89-70-66-86(67-71-89)104(78-38-14-3-15-39-78)79-40-16-4-17-41-79)102-99(101-97)93-54-30-33-57-96(93)108(84-50-26-9-27-51-84)90-72-68-87(69-73-90)105(80-42-18-5-19-43-80)81-44-20-6-21-45-81/h1-73H. The van der Waals surface area contributed by atoms with Gasteiger partial charge in [-0.15, -0.1) is 0 Å². The largest absolute Gasteiger partial charge is 0.311 e. The van der Waals surface area contributed by atoms with Gasteiger partial charge in [0.15, 0.2) is 17.5 Å². The molecule has 0 bridgehead atoms. The van der Waals surface area contributed by atoms with Gasteiger partial charge in [-0.1, -0.05) is 224 Å². The van der Waals surface area contributed by atoms with Crippen molar-refractivity contribution >= 4 is 102 Å². The first-order chi connectivity index (χ1) is 53.6. The van der Waals surface area contributed by atoms with Crippen LogP contribution in [-0.2, 0) is 0 Å². The zero-order valence-electron chi connectivity index (χ0n) is 59.2. The van der Waals surface area contributed by atoms with Crippen LogP contribution in [0.1, 0.15) is 0 Å². The lowest BCUT2D eigenvalue weighted by molar-refractivity contribution is 1.07. The molecule has 514 valence electrons. The van der Waals surface area contributed by atoms with Crippen molar-refractivity contribution < 1.29 is 0 Å².